The second-order valence-corrected chi connectivity index (χ2v) is 4.41. The maximum Gasteiger partial charge on any atom is 0.0776 e. The Hall–Kier alpha value is -0.0800. The van der Waals surface area contributed by atoms with Crippen LogP contribution in [0.3, 0.4) is 0 Å². The molecule has 0 unspecified atom stereocenters. The second kappa shape index (κ2) is 3.35. The third-order valence-electron chi connectivity index (χ3n) is 3.04. The van der Waals surface area contributed by atoms with Crippen molar-refractivity contribution >= 4 is 0 Å². The van der Waals surface area contributed by atoms with E-state index in [1.807, 2.05) is 0 Å². The fraction of sp³-hybridized carbons (Fsp3) is 1.00. The Bertz CT molecular complexity index is 146. The molecular formula is C10H19NO. The number of β-amino-alcohol motifs (C(OH)–C–C–N with tert-alkyl or cyclic N) is 1. The molecule has 1 aliphatic carbocycles. The van der Waals surface area contributed by atoms with Gasteiger partial charge in [0.2, 0.25) is 0 Å². The van der Waals surface area contributed by atoms with Crippen molar-refractivity contribution in [1.82, 2.24) is 4.90 Å². The molecule has 0 atom stereocenters. The van der Waals surface area contributed by atoms with Crippen molar-refractivity contribution in [2.75, 3.05) is 19.6 Å². The first-order valence-electron chi connectivity index (χ1n) is 5.23. The van der Waals surface area contributed by atoms with Gasteiger partial charge in [0.05, 0.1) is 5.60 Å². The largest absolute Gasteiger partial charge is 0.389 e. The summed E-state index contributed by atoms with van der Waals surface area (Å²) in [5, 5.41) is 9.73. The first kappa shape index (κ1) is 8.52. The quantitative estimate of drug-likeness (QED) is 0.675. The van der Waals surface area contributed by atoms with E-state index in [4.69, 9.17) is 0 Å². The van der Waals surface area contributed by atoms with Gasteiger partial charge in [0.15, 0.2) is 0 Å². The Morgan fingerprint density at radius 3 is 2.08 bits per heavy atom. The number of hydrogen-bond donors (Lipinski definition) is 1. The van der Waals surface area contributed by atoms with Crippen molar-refractivity contribution in [3.05, 3.63) is 0 Å². The molecule has 2 heteroatoms. The molecule has 1 saturated heterocycles. The van der Waals surface area contributed by atoms with E-state index in [1.54, 1.807) is 0 Å². The van der Waals surface area contributed by atoms with Crippen LogP contribution in [-0.4, -0.2) is 35.2 Å². The zero-order chi connectivity index (χ0) is 8.44. The van der Waals surface area contributed by atoms with Gasteiger partial charge in [-0.15, -0.1) is 0 Å². The second-order valence-electron chi connectivity index (χ2n) is 4.41. The van der Waals surface area contributed by atoms with E-state index in [9.17, 15) is 5.11 Å². The molecule has 0 radical (unpaired) electrons. The molecule has 2 aliphatic rings. The van der Waals surface area contributed by atoms with Gasteiger partial charge in [0.25, 0.3) is 0 Å². The Morgan fingerprint density at radius 2 is 1.58 bits per heavy atom. The van der Waals surface area contributed by atoms with Gasteiger partial charge in [0, 0.05) is 6.54 Å². The van der Waals surface area contributed by atoms with Crippen LogP contribution in [0.1, 0.15) is 38.5 Å². The predicted octanol–water partition coefficient (Wildman–Crippen LogP) is 1.39. The zero-order valence-corrected chi connectivity index (χ0v) is 7.76. The average Bonchev–Trinajstić information content (AvgIpc) is 2.78. The van der Waals surface area contributed by atoms with Gasteiger partial charge < -0.3 is 10.0 Å². The SMILES string of the molecule is OC1(CN2CCCCCC2)CC1. The van der Waals surface area contributed by atoms with Crippen LogP contribution in [0.2, 0.25) is 0 Å². The molecule has 2 rings (SSSR count). The molecule has 0 aromatic carbocycles. The summed E-state index contributed by atoms with van der Waals surface area (Å²) in [7, 11) is 0. The van der Waals surface area contributed by atoms with E-state index in [0.29, 0.717) is 0 Å². The Morgan fingerprint density at radius 1 is 1.00 bits per heavy atom. The van der Waals surface area contributed by atoms with Gasteiger partial charge in [-0.2, -0.15) is 0 Å². The minimum Gasteiger partial charge on any atom is -0.389 e. The van der Waals surface area contributed by atoms with E-state index >= 15 is 0 Å². The highest BCUT2D eigenvalue weighted by Crippen LogP contribution is 2.36. The van der Waals surface area contributed by atoms with Gasteiger partial charge in [-0.25, -0.2) is 0 Å². The Kier molecular flexibility index (Phi) is 2.37. The van der Waals surface area contributed by atoms with Gasteiger partial charge in [-0.3, -0.25) is 0 Å². The van der Waals surface area contributed by atoms with Crippen LogP contribution in [0.15, 0.2) is 0 Å². The van der Waals surface area contributed by atoms with Crippen LogP contribution in [-0.2, 0) is 0 Å². The molecule has 0 aromatic heterocycles. The van der Waals surface area contributed by atoms with E-state index in [1.165, 1.54) is 38.8 Å². The lowest BCUT2D eigenvalue weighted by molar-refractivity contribution is 0.0935. The summed E-state index contributed by atoms with van der Waals surface area (Å²) < 4.78 is 0. The van der Waals surface area contributed by atoms with Crippen LogP contribution < -0.4 is 0 Å². The van der Waals surface area contributed by atoms with Crippen molar-refractivity contribution in [3.63, 3.8) is 0 Å². The summed E-state index contributed by atoms with van der Waals surface area (Å²) >= 11 is 0. The summed E-state index contributed by atoms with van der Waals surface area (Å²) in [6.07, 6.45) is 7.49. The Balaban J connectivity index is 1.77. The van der Waals surface area contributed by atoms with Crippen LogP contribution in [0, 0.1) is 0 Å². The number of nitrogens with zero attached hydrogens (tertiary/aromatic N) is 1. The van der Waals surface area contributed by atoms with E-state index in [-0.39, 0.29) is 5.60 Å². The molecule has 2 nitrogen and oxygen atoms in total. The topological polar surface area (TPSA) is 23.5 Å². The lowest BCUT2D eigenvalue weighted by atomic mass is 10.2. The Labute approximate surface area is 74.6 Å². The number of aliphatic hydroxyl groups is 1. The maximum absolute atomic E-state index is 9.73. The van der Waals surface area contributed by atoms with E-state index in [2.05, 4.69) is 4.90 Å². The van der Waals surface area contributed by atoms with Gasteiger partial charge in [-0.1, -0.05) is 12.8 Å². The zero-order valence-electron chi connectivity index (χ0n) is 7.76. The van der Waals surface area contributed by atoms with E-state index in [0.717, 1.165) is 19.4 Å². The summed E-state index contributed by atoms with van der Waals surface area (Å²) in [5.74, 6) is 0. The smallest absolute Gasteiger partial charge is 0.0776 e. The summed E-state index contributed by atoms with van der Waals surface area (Å²) in [6, 6.07) is 0. The predicted molar refractivity (Wildman–Crippen MR) is 49.1 cm³/mol. The molecule has 1 aliphatic heterocycles. The van der Waals surface area contributed by atoms with Gasteiger partial charge in [0.1, 0.15) is 0 Å². The van der Waals surface area contributed by atoms with Crippen LogP contribution in [0.4, 0.5) is 0 Å². The number of hydrogen-bond acceptors (Lipinski definition) is 2. The van der Waals surface area contributed by atoms with Crippen LogP contribution in [0.25, 0.3) is 0 Å². The van der Waals surface area contributed by atoms with Gasteiger partial charge >= 0.3 is 0 Å². The molecule has 12 heavy (non-hydrogen) atoms. The third kappa shape index (κ3) is 2.20. The molecular weight excluding hydrogens is 150 g/mol. The fourth-order valence-corrected chi connectivity index (χ4v) is 2.01. The number of likely N-dealkylation sites (tertiary alicyclic amines) is 1. The molecule has 1 saturated carbocycles. The molecule has 70 valence electrons. The fourth-order valence-electron chi connectivity index (χ4n) is 2.01. The molecule has 1 heterocycles. The van der Waals surface area contributed by atoms with Crippen molar-refractivity contribution in [2.24, 2.45) is 0 Å². The third-order valence-corrected chi connectivity index (χ3v) is 3.04. The molecule has 2 fully saturated rings. The van der Waals surface area contributed by atoms with Crippen molar-refractivity contribution in [1.29, 1.82) is 0 Å². The maximum atomic E-state index is 9.73. The molecule has 0 spiro atoms. The highest BCUT2D eigenvalue weighted by atomic mass is 16.3. The van der Waals surface area contributed by atoms with E-state index < -0.39 is 0 Å². The summed E-state index contributed by atoms with van der Waals surface area (Å²) in [5.41, 5.74) is -0.273. The van der Waals surface area contributed by atoms with Crippen molar-refractivity contribution in [2.45, 2.75) is 44.1 Å². The molecule has 0 aromatic rings. The standard InChI is InChI=1S/C10H19NO/c12-10(5-6-10)9-11-7-3-1-2-4-8-11/h12H,1-9H2. The van der Waals surface area contributed by atoms with Crippen LogP contribution >= 0.6 is 0 Å². The highest BCUT2D eigenvalue weighted by molar-refractivity contribution is 4.96. The lowest BCUT2D eigenvalue weighted by Gasteiger charge is -2.22. The first-order chi connectivity index (χ1) is 5.79. The molecule has 0 bridgehead atoms. The summed E-state index contributed by atoms with van der Waals surface area (Å²) in [4.78, 5) is 2.44. The summed E-state index contributed by atoms with van der Waals surface area (Å²) in [6.45, 7) is 3.36. The van der Waals surface area contributed by atoms with Crippen molar-refractivity contribution in [3.8, 4) is 0 Å². The van der Waals surface area contributed by atoms with Crippen molar-refractivity contribution < 1.29 is 5.11 Å². The van der Waals surface area contributed by atoms with Gasteiger partial charge in [-0.05, 0) is 38.8 Å². The number of rotatable bonds is 2. The molecule has 1 N–H and O–H groups in total. The minimum atomic E-state index is -0.273. The first-order valence-corrected chi connectivity index (χ1v) is 5.23. The lowest BCUT2D eigenvalue weighted by Crippen LogP contribution is -2.34. The average molecular weight is 169 g/mol. The highest BCUT2D eigenvalue weighted by Gasteiger charge is 2.41. The molecule has 0 amide bonds. The monoisotopic (exact) mass is 169 g/mol. The minimum absolute atomic E-state index is 0.273. The normalized spacial score (nSPS) is 29.8. The van der Waals surface area contributed by atoms with Crippen LogP contribution in [0.5, 0.6) is 0 Å².